The first-order chi connectivity index (χ1) is 10.4. The molecular weight excluding hydrogens is 353 g/mol. The highest BCUT2D eigenvalue weighted by Gasteiger charge is 2.14. The highest BCUT2D eigenvalue weighted by molar-refractivity contribution is 9.10. The molecule has 0 spiro atoms. The smallest absolute Gasteiger partial charge is 0.312 e. The SMILES string of the molecule is CCN(Cc1cc(Br)ccc1F)C(=O)CCCCNC(N)=O. The van der Waals surface area contributed by atoms with Gasteiger partial charge in [0, 0.05) is 36.1 Å². The molecule has 0 radical (unpaired) electrons. The van der Waals surface area contributed by atoms with Gasteiger partial charge in [-0.05, 0) is 38.0 Å². The average molecular weight is 374 g/mol. The van der Waals surface area contributed by atoms with Crippen molar-refractivity contribution in [2.75, 3.05) is 13.1 Å². The second-order valence-electron chi connectivity index (χ2n) is 4.89. The fourth-order valence-electron chi connectivity index (χ4n) is 2.02. The van der Waals surface area contributed by atoms with Gasteiger partial charge in [0.05, 0.1) is 0 Å². The number of primary amides is 1. The minimum absolute atomic E-state index is 0.0269. The number of nitrogens with zero attached hydrogens (tertiary/aromatic N) is 1. The van der Waals surface area contributed by atoms with Gasteiger partial charge in [0.2, 0.25) is 5.91 Å². The van der Waals surface area contributed by atoms with E-state index in [-0.39, 0.29) is 18.3 Å². The quantitative estimate of drug-likeness (QED) is 0.687. The molecule has 1 aromatic carbocycles. The van der Waals surface area contributed by atoms with Crippen LogP contribution < -0.4 is 11.1 Å². The van der Waals surface area contributed by atoms with Gasteiger partial charge in [0.25, 0.3) is 0 Å². The van der Waals surface area contributed by atoms with Crippen molar-refractivity contribution in [3.05, 3.63) is 34.1 Å². The maximum Gasteiger partial charge on any atom is 0.312 e. The van der Waals surface area contributed by atoms with Crippen LogP contribution in [0.4, 0.5) is 9.18 Å². The first-order valence-corrected chi connectivity index (χ1v) is 7.98. The minimum Gasteiger partial charge on any atom is -0.352 e. The van der Waals surface area contributed by atoms with Crippen LogP contribution in [-0.2, 0) is 11.3 Å². The molecule has 7 heteroatoms. The number of carbonyl (C=O) groups is 2. The first-order valence-electron chi connectivity index (χ1n) is 7.19. The van der Waals surface area contributed by atoms with E-state index in [1.165, 1.54) is 6.07 Å². The standard InChI is InChI=1S/C15H21BrFN3O2/c1-2-20(10-11-9-12(16)6-7-13(11)17)14(21)5-3-4-8-19-15(18)22/h6-7,9H,2-5,8,10H2,1H3,(H3,18,19,22). The molecular formula is C15H21BrFN3O2. The molecule has 1 rings (SSSR count). The molecule has 5 nitrogen and oxygen atoms in total. The highest BCUT2D eigenvalue weighted by Crippen LogP contribution is 2.17. The molecule has 0 saturated heterocycles. The van der Waals surface area contributed by atoms with Gasteiger partial charge in [-0.15, -0.1) is 0 Å². The predicted octanol–water partition coefficient (Wildman–Crippen LogP) is 2.78. The van der Waals surface area contributed by atoms with Crippen molar-refractivity contribution in [1.82, 2.24) is 10.2 Å². The number of hydrogen-bond acceptors (Lipinski definition) is 2. The Hall–Kier alpha value is -1.63. The monoisotopic (exact) mass is 373 g/mol. The Morgan fingerprint density at radius 1 is 1.36 bits per heavy atom. The summed E-state index contributed by atoms with van der Waals surface area (Å²) >= 11 is 3.30. The van der Waals surface area contributed by atoms with Gasteiger partial charge in [-0.2, -0.15) is 0 Å². The van der Waals surface area contributed by atoms with Gasteiger partial charge in [-0.25, -0.2) is 9.18 Å². The van der Waals surface area contributed by atoms with Crippen LogP contribution in [0.1, 0.15) is 31.7 Å². The molecule has 0 heterocycles. The van der Waals surface area contributed by atoms with E-state index in [1.54, 1.807) is 17.0 Å². The third kappa shape index (κ3) is 6.43. The van der Waals surface area contributed by atoms with Crippen LogP contribution in [0.5, 0.6) is 0 Å². The molecule has 0 fully saturated rings. The largest absolute Gasteiger partial charge is 0.352 e. The third-order valence-corrected chi connectivity index (χ3v) is 3.71. The molecule has 0 aliphatic rings. The summed E-state index contributed by atoms with van der Waals surface area (Å²) in [5.74, 6) is -0.346. The number of halogens is 2. The Kier molecular flexibility index (Phi) is 7.87. The Morgan fingerprint density at radius 2 is 2.09 bits per heavy atom. The molecule has 122 valence electrons. The van der Waals surface area contributed by atoms with E-state index in [0.29, 0.717) is 37.9 Å². The molecule has 22 heavy (non-hydrogen) atoms. The number of unbranched alkanes of at least 4 members (excludes halogenated alkanes) is 1. The van der Waals surface area contributed by atoms with Crippen molar-refractivity contribution in [3.8, 4) is 0 Å². The van der Waals surface area contributed by atoms with Gasteiger partial charge < -0.3 is 16.0 Å². The molecule has 0 saturated carbocycles. The maximum atomic E-state index is 13.7. The van der Waals surface area contributed by atoms with E-state index in [1.807, 2.05) is 6.92 Å². The van der Waals surface area contributed by atoms with Crippen molar-refractivity contribution in [2.45, 2.75) is 32.7 Å². The Balaban J connectivity index is 2.47. The van der Waals surface area contributed by atoms with Crippen LogP contribution in [0.25, 0.3) is 0 Å². The van der Waals surface area contributed by atoms with Crippen molar-refractivity contribution in [2.24, 2.45) is 5.73 Å². The zero-order chi connectivity index (χ0) is 16.5. The van der Waals surface area contributed by atoms with Gasteiger partial charge in [0.1, 0.15) is 5.82 Å². The second kappa shape index (κ2) is 9.40. The molecule has 0 bridgehead atoms. The van der Waals surface area contributed by atoms with E-state index in [0.717, 1.165) is 4.47 Å². The molecule has 0 aromatic heterocycles. The van der Waals surface area contributed by atoms with Crippen molar-refractivity contribution in [1.29, 1.82) is 0 Å². The Labute approximate surface area is 138 Å². The van der Waals surface area contributed by atoms with E-state index in [2.05, 4.69) is 21.2 Å². The first kappa shape index (κ1) is 18.4. The number of nitrogens with one attached hydrogen (secondary N) is 1. The normalized spacial score (nSPS) is 10.3. The number of rotatable bonds is 8. The summed E-state index contributed by atoms with van der Waals surface area (Å²) in [7, 11) is 0. The summed E-state index contributed by atoms with van der Waals surface area (Å²) in [5.41, 5.74) is 5.44. The fraction of sp³-hybridized carbons (Fsp3) is 0.467. The van der Waals surface area contributed by atoms with E-state index >= 15 is 0 Å². The van der Waals surface area contributed by atoms with E-state index < -0.39 is 6.03 Å². The third-order valence-electron chi connectivity index (χ3n) is 3.22. The van der Waals surface area contributed by atoms with Gasteiger partial charge in [0.15, 0.2) is 0 Å². The summed E-state index contributed by atoms with van der Waals surface area (Å²) in [6, 6.07) is 4.13. The fourth-order valence-corrected chi connectivity index (χ4v) is 2.43. The van der Waals surface area contributed by atoms with Crippen LogP contribution >= 0.6 is 15.9 Å². The van der Waals surface area contributed by atoms with Crippen molar-refractivity contribution in [3.63, 3.8) is 0 Å². The summed E-state index contributed by atoms with van der Waals surface area (Å²) in [5, 5.41) is 2.48. The van der Waals surface area contributed by atoms with Crippen LogP contribution in [-0.4, -0.2) is 29.9 Å². The molecule has 0 unspecified atom stereocenters. The predicted molar refractivity (Wildman–Crippen MR) is 86.6 cm³/mol. The zero-order valence-corrected chi connectivity index (χ0v) is 14.2. The molecule has 1 aromatic rings. The van der Waals surface area contributed by atoms with Crippen molar-refractivity contribution < 1.29 is 14.0 Å². The number of nitrogens with two attached hydrogens (primary N) is 1. The number of amides is 3. The molecule has 0 atom stereocenters. The lowest BCUT2D eigenvalue weighted by molar-refractivity contribution is -0.131. The van der Waals surface area contributed by atoms with Crippen LogP contribution in [0, 0.1) is 5.82 Å². The van der Waals surface area contributed by atoms with E-state index in [9.17, 15) is 14.0 Å². The van der Waals surface area contributed by atoms with Gasteiger partial charge >= 0.3 is 6.03 Å². The van der Waals surface area contributed by atoms with Gasteiger partial charge in [-0.1, -0.05) is 15.9 Å². The van der Waals surface area contributed by atoms with Crippen molar-refractivity contribution >= 4 is 27.9 Å². The molecule has 0 aliphatic heterocycles. The zero-order valence-electron chi connectivity index (χ0n) is 12.6. The van der Waals surface area contributed by atoms with E-state index in [4.69, 9.17) is 5.73 Å². The topological polar surface area (TPSA) is 75.4 Å². The second-order valence-corrected chi connectivity index (χ2v) is 5.81. The lowest BCUT2D eigenvalue weighted by atomic mass is 10.1. The summed E-state index contributed by atoms with van der Waals surface area (Å²) in [6.07, 6.45) is 1.69. The summed E-state index contributed by atoms with van der Waals surface area (Å²) in [6.45, 7) is 3.09. The number of benzene rings is 1. The average Bonchev–Trinajstić information content (AvgIpc) is 2.47. The summed E-state index contributed by atoms with van der Waals surface area (Å²) < 4.78 is 14.5. The number of urea groups is 1. The van der Waals surface area contributed by atoms with Crippen LogP contribution in [0.2, 0.25) is 0 Å². The number of carbonyl (C=O) groups excluding carboxylic acids is 2. The summed E-state index contributed by atoms with van der Waals surface area (Å²) in [4.78, 5) is 24.3. The van der Waals surface area contributed by atoms with Gasteiger partial charge in [-0.3, -0.25) is 4.79 Å². The lowest BCUT2D eigenvalue weighted by Crippen LogP contribution is -2.31. The minimum atomic E-state index is -0.563. The molecule has 0 aliphatic carbocycles. The Morgan fingerprint density at radius 3 is 2.73 bits per heavy atom. The maximum absolute atomic E-state index is 13.7. The lowest BCUT2D eigenvalue weighted by Gasteiger charge is -2.21. The molecule has 3 N–H and O–H groups in total. The van der Waals surface area contributed by atoms with Crippen LogP contribution in [0.3, 0.4) is 0 Å². The Bertz CT molecular complexity index is 526. The van der Waals surface area contributed by atoms with Crippen LogP contribution in [0.15, 0.2) is 22.7 Å². The highest BCUT2D eigenvalue weighted by atomic mass is 79.9. The molecule has 3 amide bonds. The number of hydrogen-bond donors (Lipinski definition) is 2.